The van der Waals surface area contributed by atoms with Crippen LogP contribution in [0.1, 0.15) is 111 Å². The Hall–Kier alpha value is -8.80. The Morgan fingerprint density at radius 2 is 1.26 bits per heavy atom. The topological polar surface area (TPSA) is 35.9 Å². The number of fused-ring (bicyclic) bond motifs is 11. The molecule has 0 unspecified atom stereocenters. The number of pyridine rings is 1. The van der Waals surface area contributed by atoms with Gasteiger partial charge in [0.1, 0.15) is 17.3 Å². The summed E-state index contributed by atoms with van der Waals surface area (Å²) in [6, 6.07) is 39.4. The van der Waals surface area contributed by atoms with Crippen LogP contribution >= 0.6 is 0 Å². The normalized spacial score (nSPS) is 20.8. The van der Waals surface area contributed by atoms with Gasteiger partial charge in [0.25, 0.3) is 6.33 Å². The maximum atomic E-state index is 10.5. The third kappa shape index (κ3) is 7.57. The fraction of sp³-hybridized carbons (Fsp3) is 0.167. The van der Waals surface area contributed by atoms with Crippen LogP contribution in [-0.4, -0.2) is 14.1 Å². The van der Waals surface area contributed by atoms with E-state index in [2.05, 4.69) is 37.7 Å². The minimum atomic E-state index is -4.60. The van der Waals surface area contributed by atoms with E-state index in [1.165, 1.54) is 12.1 Å². The van der Waals surface area contributed by atoms with E-state index >= 15 is 0 Å². The van der Waals surface area contributed by atoms with E-state index in [0.717, 1.165) is 27.4 Å². The van der Waals surface area contributed by atoms with Gasteiger partial charge < -0.3 is 4.74 Å². The number of ether oxygens (including phenoxy) is 1. The molecular formula is C72H60N4O. The summed E-state index contributed by atoms with van der Waals surface area (Å²) in [6.07, 6.45) is -3.87. The fourth-order valence-electron chi connectivity index (χ4n) is 11.0. The Balaban J connectivity index is 1.09. The molecular weight excluding hydrogens is 937 g/mol. The summed E-state index contributed by atoms with van der Waals surface area (Å²) in [4.78, 5) is 4.84. The zero-order valence-corrected chi connectivity index (χ0v) is 41.8. The first-order valence-corrected chi connectivity index (χ1v) is 25.0. The van der Waals surface area contributed by atoms with Gasteiger partial charge in [-0.1, -0.05) is 200 Å². The summed E-state index contributed by atoms with van der Waals surface area (Å²) in [5, 5.41) is 1.94. The molecule has 0 bridgehead atoms. The lowest BCUT2D eigenvalue weighted by molar-refractivity contribution is -0.570. The van der Waals surface area contributed by atoms with Gasteiger partial charge in [-0.05, 0) is 150 Å². The van der Waals surface area contributed by atoms with Gasteiger partial charge in [-0.15, -0.1) is 0 Å². The lowest BCUT2D eigenvalue weighted by Crippen LogP contribution is -2.34. The molecule has 1 aliphatic carbocycles. The second-order valence-electron chi connectivity index (χ2n) is 20.5. The molecule has 9 aromatic carbocycles. The maximum absolute atomic E-state index is 10.5. The molecule has 14 rings (SSSR count). The highest BCUT2D eigenvalue weighted by atomic mass is 16.5. The van der Waals surface area contributed by atoms with E-state index in [1.807, 2.05) is 54.6 Å². The second kappa shape index (κ2) is 17.4. The Morgan fingerprint density at radius 1 is 0.584 bits per heavy atom. The molecule has 5 heteroatoms. The van der Waals surface area contributed by atoms with Crippen LogP contribution in [0.5, 0.6) is 11.5 Å². The predicted octanol–water partition coefficient (Wildman–Crippen LogP) is 18.3. The third-order valence-corrected chi connectivity index (χ3v) is 14.6. The zero-order valence-electron chi connectivity index (χ0n) is 65.8. The van der Waals surface area contributed by atoms with Crippen molar-refractivity contribution >= 4 is 32.8 Å². The molecule has 0 spiro atoms. The van der Waals surface area contributed by atoms with E-state index in [4.69, 9.17) is 30.3 Å². The predicted molar refractivity (Wildman–Crippen MR) is 317 cm³/mol. The summed E-state index contributed by atoms with van der Waals surface area (Å²) in [5.74, 6) is 1.52. The number of aromatic nitrogens is 4. The quantitative estimate of drug-likeness (QED) is 0.123. The standard InChI is InChI=1S/C72H60N4O/c1-70(2,3)48-37-40-73-66(42-48)76-63-31-14-13-24-55(63)56-35-34-51(44-65(56)76)77-50-22-15-21-49(43-50)74-45-75-68-53(47-33-36-61-62(41-47)72(6,7)39-38-71(61,4)5)27-17-29-60(68)58-28-16-26-52(46-19-9-8-10-20-46)67(58)57-25-12-11-23-54(57)59-30-18-32-64(74)69(59)75/h8-37,40-44H,38-39H2,1-7H3/i4D3,5D3,6D3,7D3,8D,9D,10D,19D,20D,33D,36D,38D2,39D2,41D. The number of hydrogen-bond acceptors (Lipinski definition) is 2. The van der Waals surface area contributed by atoms with Gasteiger partial charge in [-0.3, -0.25) is 13.7 Å². The molecule has 374 valence electrons. The van der Waals surface area contributed by atoms with Crippen molar-refractivity contribution < 1.29 is 42.2 Å². The van der Waals surface area contributed by atoms with Gasteiger partial charge in [0.05, 0.1) is 44.4 Å². The molecule has 0 saturated heterocycles. The van der Waals surface area contributed by atoms with E-state index in [-0.39, 0.29) is 44.5 Å². The zero-order chi connectivity index (χ0) is 72.9. The molecule has 5 nitrogen and oxygen atoms in total. The van der Waals surface area contributed by atoms with E-state index in [1.54, 1.807) is 100 Å². The average molecular weight is 1020 g/mol. The van der Waals surface area contributed by atoms with Gasteiger partial charge in [0.2, 0.25) is 0 Å². The molecule has 0 N–H and O–H groups in total. The lowest BCUT2D eigenvalue weighted by atomic mass is 9.63. The van der Waals surface area contributed by atoms with E-state index < -0.39 is 116 Å². The monoisotopic (exact) mass is 1020 g/mol. The van der Waals surface area contributed by atoms with Gasteiger partial charge in [-0.25, -0.2) is 4.98 Å². The highest BCUT2D eigenvalue weighted by Crippen LogP contribution is 2.51. The summed E-state index contributed by atoms with van der Waals surface area (Å²) >= 11 is 0. The molecule has 77 heavy (non-hydrogen) atoms. The number of hydrogen-bond donors (Lipinski definition) is 0. The molecule has 2 aliphatic rings. The number of rotatable bonds is 6. The molecule has 0 saturated carbocycles. The van der Waals surface area contributed by atoms with Gasteiger partial charge in [0.15, 0.2) is 0 Å². The van der Waals surface area contributed by atoms with E-state index in [9.17, 15) is 12.3 Å². The van der Waals surface area contributed by atoms with Crippen LogP contribution in [0.15, 0.2) is 212 Å². The van der Waals surface area contributed by atoms with Crippen LogP contribution in [-0.2, 0) is 16.2 Å². The van der Waals surface area contributed by atoms with Gasteiger partial charge in [0, 0.05) is 45.0 Å². The van der Waals surface area contributed by atoms with Crippen molar-refractivity contribution in [2.24, 2.45) is 0 Å². The largest absolute Gasteiger partial charge is 0.458 e. The summed E-state index contributed by atoms with van der Waals surface area (Å²) in [6.45, 7) is -10.9. The number of nitrogens with zero attached hydrogens (tertiary/aromatic N) is 4. The molecule has 12 aromatic rings. The second-order valence-corrected chi connectivity index (χ2v) is 20.5. The van der Waals surface area contributed by atoms with Crippen LogP contribution in [0.4, 0.5) is 0 Å². The molecule has 3 aromatic heterocycles. The van der Waals surface area contributed by atoms with Crippen molar-refractivity contribution in [1.29, 1.82) is 0 Å². The summed E-state index contributed by atoms with van der Waals surface area (Å²) in [5.41, 5.74) is -7.52. The highest BCUT2D eigenvalue weighted by molar-refractivity contribution is 6.10. The Labute approximate surface area is 485 Å². The van der Waals surface area contributed by atoms with Crippen molar-refractivity contribution in [2.75, 3.05) is 0 Å². The van der Waals surface area contributed by atoms with Crippen molar-refractivity contribution in [3.8, 4) is 84.3 Å². The van der Waals surface area contributed by atoms with Gasteiger partial charge >= 0.3 is 0 Å². The van der Waals surface area contributed by atoms with E-state index in [0.29, 0.717) is 50.7 Å². The minimum absolute atomic E-state index is 0.0867. The Kier molecular flexibility index (Phi) is 6.28. The summed E-state index contributed by atoms with van der Waals surface area (Å²) < 4.78 is 234. The van der Waals surface area contributed by atoms with Crippen molar-refractivity contribution in [2.45, 2.75) is 77.2 Å². The Bertz CT molecular complexity index is 5460. The first kappa shape index (κ1) is 27.8. The molecule has 4 heterocycles. The number of para-hydroxylation sites is 3. The van der Waals surface area contributed by atoms with Crippen molar-refractivity contribution in [3.63, 3.8) is 0 Å². The van der Waals surface area contributed by atoms with Gasteiger partial charge in [-0.2, -0.15) is 0 Å². The summed E-state index contributed by atoms with van der Waals surface area (Å²) in [7, 11) is 0. The Morgan fingerprint density at radius 3 is 2.09 bits per heavy atom. The highest BCUT2D eigenvalue weighted by Gasteiger charge is 2.37. The first-order valence-electron chi connectivity index (χ1n) is 37.0. The van der Waals surface area contributed by atoms with Crippen molar-refractivity contribution in [3.05, 3.63) is 235 Å². The average Bonchev–Trinajstić information content (AvgIpc) is 1.12. The van der Waals surface area contributed by atoms with Crippen LogP contribution in [0.25, 0.3) is 106 Å². The lowest BCUT2D eigenvalue weighted by Gasteiger charge is -2.42. The van der Waals surface area contributed by atoms with Crippen molar-refractivity contribution in [1.82, 2.24) is 14.1 Å². The van der Waals surface area contributed by atoms with Crippen LogP contribution < -0.4 is 9.30 Å². The molecule has 0 fully saturated rings. The minimum Gasteiger partial charge on any atom is -0.458 e. The SMILES string of the molecule is [2H]c1c([2H])c([2H])c(-c2cccc3c2-c2ccccc2-c2cccc4c2[n+]([c-]n4-c2cccc(Oc4ccc5c6ccccc6n(-c6cc(C(C)(C)C)ccn6)c5c4)c2)-c2c-3cccc2-c2c([2H])c([2H])c3c(c2[2H])C(C([2H])([2H])[2H])(C([2H])([2H])[2H])C([2H])([2H])C([2H])([2H])C3(C([2H])([2H])[2H])C([2H])([2H])[2H])c([2H])c1[2H]. The number of imidazole rings is 1. The van der Waals surface area contributed by atoms with Crippen LogP contribution in [0.3, 0.4) is 0 Å². The molecule has 0 radical (unpaired) electrons. The molecule has 1 aliphatic heterocycles. The molecule has 0 amide bonds. The van der Waals surface area contributed by atoms with Crippen LogP contribution in [0.2, 0.25) is 0 Å². The third-order valence-electron chi connectivity index (χ3n) is 14.6. The number of benzene rings is 9. The fourth-order valence-corrected chi connectivity index (χ4v) is 11.0. The smallest absolute Gasteiger partial charge is 0.269 e. The maximum Gasteiger partial charge on any atom is 0.269 e. The first-order chi connectivity index (χ1) is 47.2. The van der Waals surface area contributed by atoms with Crippen LogP contribution in [0, 0.1) is 6.33 Å². The molecule has 0 atom stereocenters.